The van der Waals surface area contributed by atoms with Crippen LogP contribution in [-0.4, -0.2) is 49.0 Å². The predicted octanol–water partition coefficient (Wildman–Crippen LogP) is 1.34. The Kier molecular flexibility index (Phi) is 4.74. The average molecular weight is 262 g/mol. The molecule has 0 spiro atoms. The van der Waals surface area contributed by atoms with E-state index in [1.807, 2.05) is 13.1 Å². The summed E-state index contributed by atoms with van der Waals surface area (Å²) in [6, 6.07) is 4.05. The van der Waals surface area contributed by atoms with Crippen LogP contribution in [0.1, 0.15) is 29.8 Å². The van der Waals surface area contributed by atoms with Crippen LogP contribution in [0, 0.1) is 0 Å². The molecule has 1 aliphatic heterocycles. The molecule has 2 rings (SSSR count). The Labute approximate surface area is 114 Å². The number of likely N-dealkylation sites (tertiary alicyclic amines) is 1. The van der Waals surface area contributed by atoms with Gasteiger partial charge in [0.15, 0.2) is 0 Å². The number of amides is 1. The number of hydrogen-bond acceptors (Lipinski definition) is 4. The van der Waals surface area contributed by atoms with Gasteiger partial charge in [0.2, 0.25) is 0 Å². The lowest BCUT2D eigenvalue weighted by Gasteiger charge is -2.32. The summed E-state index contributed by atoms with van der Waals surface area (Å²) in [7, 11) is 3.95. The molecule has 0 radical (unpaired) electrons. The van der Waals surface area contributed by atoms with Crippen molar-refractivity contribution < 1.29 is 4.79 Å². The van der Waals surface area contributed by atoms with Crippen molar-refractivity contribution in [3.8, 4) is 0 Å². The van der Waals surface area contributed by atoms with Crippen LogP contribution in [0.5, 0.6) is 0 Å². The summed E-state index contributed by atoms with van der Waals surface area (Å²) in [6.45, 7) is 1.82. The number of hydrogen-bond donors (Lipinski definition) is 2. The predicted molar refractivity (Wildman–Crippen MR) is 76.4 cm³/mol. The Morgan fingerprint density at radius 1 is 1.47 bits per heavy atom. The zero-order valence-electron chi connectivity index (χ0n) is 11.6. The molecule has 1 atom stereocenters. The molecule has 1 amide bonds. The van der Waals surface area contributed by atoms with Gasteiger partial charge in [0, 0.05) is 19.6 Å². The lowest BCUT2D eigenvalue weighted by Crippen LogP contribution is -2.44. The van der Waals surface area contributed by atoms with Crippen LogP contribution in [0.15, 0.2) is 18.3 Å². The molecular formula is C14H22N4O. The quantitative estimate of drug-likeness (QED) is 0.859. The van der Waals surface area contributed by atoms with E-state index >= 15 is 0 Å². The van der Waals surface area contributed by atoms with Crippen LogP contribution < -0.4 is 10.6 Å². The van der Waals surface area contributed by atoms with Gasteiger partial charge in [-0.1, -0.05) is 6.42 Å². The normalized spacial score (nSPS) is 20.0. The van der Waals surface area contributed by atoms with Crippen molar-refractivity contribution in [3.63, 3.8) is 0 Å². The van der Waals surface area contributed by atoms with E-state index in [1.54, 1.807) is 12.3 Å². The first-order valence-corrected chi connectivity index (χ1v) is 6.83. The van der Waals surface area contributed by atoms with Crippen LogP contribution >= 0.6 is 0 Å². The molecule has 0 aliphatic carbocycles. The Morgan fingerprint density at radius 2 is 2.32 bits per heavy atom. The highest BCUT2D eigenvalue weighted by Gasteiger charge is 2.19. The third-order valence-electron chi connectivity index (χ3n) is 3.70. The number of piperidine rings is 1. The van der Waals surface area contributed by atoms with Crippen LogP contribution in [0.25, 0.3) is 0 Å². The number of anilines is 1. The van der Waals surface area contributed by atoms with Crippen molar-refractivity contribution >= 4 is 11.6 Å². The molecule has 1 unspecified atom stereocenters. The largest absolute Gasteiger partial charge is 0.387 e. The van der Waals surface area contributed by atoms with Gasteiger partial charge >= 0.3 is 0 Å². The molecular weight excluding hydrogens is 240 g/mol. The smallest absolute Gasteiger partial charge is 0.269 e. The van der Waals surface area contributed by atoms with E-state index in [4.69, 9.17) is 0 Å². The minimum absolute atomic E-state index is 0.0957. The summed E-state index contributed by atoms with van der Waals surface area (Å²) < 4.78 is 0. The Balaban J connectivity index is 1.86. The Bertz CT molecular complexity index is 418. The molecule has 1 aromatic heterocycles. The van der Waals surface area contributed by atoms with Gasteiger partial charge in [0.25, 0.3) is 5.91 Å². The number of nitrogens with one attached hydrogen (secondary N) is 2. The summed E-state index contributed by atoms with van der Waals surface area (Å²) in [5.41, 5.74) is 1.38. The second kappa shape index (κ2) is 6.52. The van der Waals surface area contributed by atoms with E-state index in [1.165, 1.54) is 12.8 Å². The van der Waals surface area contributed by atoms with E-state index in [9.17, 15) is 4.79 Å². The molecule has 104 valence electrons. The van der Waals surface area contributed by atoms with Crippen molar-refractivity contribution in [2.24, 2.45) is 0 Å². The van der Waals surface area contributed by atoms with Crippen LogP contribution in [-0.2, 0) is 0 Å². The summed E-state index contributed by atoms with van der Waals surface area (Å²) in [4.78, 5) is 18.4. The monoisotopic (exact) mass is 262 g/mol. The summed E-state index contributed by atoms with van der Waals surface area (Å²) in [6.07, 6.45) is 5.33. The fraction of sp³-hybridized carbons (Fsp3) is 0.571. The van der Waals surface area contributed by atoms with E-state index in [0.29, 0.717) is 18.3 Å². The zero-order chi connectivity index (χ0) is 13.7. The van der Waals surface area contributed by atoms with Gasteiger partial charge in [0.05, 0.1) is 11.9 Å². The second-order valence-electron chi connectivity index (χ2n) is 5.02. The standard InChI is InChI=1S/C14H22N4O/c1-15-11-6-7-13(16-9-11)14(19)17-10-12-5-3-4-8-18(12)2/h6-7,9,12,15H,3-5,8,10H2,1-2H3,(H,17,19). The second-order valence-corrected chi connectivity index (χ2v) is 5.02. The highest BCUT2D eigenvalue weighted by Crippen LogP contribution is 2.14. The number of carbonyl (C=O) groups excluding carboxylic acids is 1. The molecule has 1 saturated heterocycles. The maximum atomic E-state index is 12.0. The minimum Gasteiger partial charge on any atom is -0.387 e. The lowest BCUT2D eigenvalue weighted by molar-refractivity contribution is 0.0923. The minimum atomic E-state index is -0.0957. The van der Waals surface area contributed by atoms with Gasteiger partial charge < -0.3 is 15.5 Å². The van der Waals surface area contributed by atoms with Gasteiger partial charge in [-0.15, -0.1) is 0 Å². The maximum absolute atomic E-state index is 12.0. The molecule has 5 heteroatoms. The van der Waals surface area contributed by atoms with E-state index in [-0.39, 0.29) is 5.91 Å². The van der Waals surface area contributed by atoms with Crippen LogP contribution in [0.3, 0.4) is 0 Å². The van der Waals surface area contributed by atoms with Crippen LogP contribution in [0.2, 0.25) is 0 Å². The fourth-order valence-corrected chi connectivity index (χ4v) is 2.38. The molecule has 2 heterocycles. The van der Waals surface area contributed by atoms with Crippen molar-refractivity contribution in [1.29, 1.82) is 0 Å². The third kappa shape index (κ3) is 3.67. The fourth-order valence-electron chi connectivity index (χ4n) is 2.38. The maximum Gasteiger partial charge on any atom is 0.269 e. The topological polar surface area (TPSA) is 57.3 Å². The van der Waals surface area contributed by atoms with E-state index in [2.05, 4.69) is 27.6 Å². The summed E-state index contributed by atoms with van der Waals surface area (Å²) in [5.74, 6) is -0.0957. The third-order valence-corrected chi connectivity index (χ3v) is 3.70. The van der Waals surface area contributed by atoms with Gasteiger partial charge in [0.1, 0.15) is 5.69 Å². The zero-order valence-corrected chi connectivity index (χ0v) is 11.6. The van der Waals surface area contributed by atoms with E-state index < -0.39 is 0 Å². The van der Waals surface area contributed by atoms with E-state index in [0.717, 1.165) is 18.7 Å². The first-order valence-electron chi connectivity index (χ1n) is 6.83. The number of carbonyl (C=O) groups is 1. The highest BCUT2D eigenvalue weighted by atomic mass is 16.1. The van der Waals surface area contributed by atoms with Crippen molar-refractivity contribution in [2.45, 2.75) is 25.3 Å². The molecule has 2 N–H and O–H groups in total. The number of likely N-dealkylation sites (N-methyl/N-ethyl adjacent to an activating group) is 1. The van der Waals surface area contributed by atoms with Gasteiger partial charge in [-0.2, -0.15) is 0 Å². The molecule has 5 nitrogen and oxygen atoms in total. The molecule has 1 aromatic rings. The average Bonchev–Trinajstić information content (AvgIpc) is 2.46. The molecule has 0 saturated carbocycles. The lowest BCUT2D eigenvalue weighted by atomic mass is 10.0. The number of aromatic nitrogens is 1. The summed E-state index contributed by atoms with van der Waals surface area (Å²) >= 11 is 0. The molecule has 19 heavy (non-hydrogen) atoms. The van der Waals surface area contributed by atoms with Crippen molar-refractivity contribution in [3.05, 3.63) is 24.0 Å². The Hall–Kier alpha value is -1.62. The Morgan fingerprint density at radius 3 is 2.95 bits per heavy atom. The van der Waals surface area contributed by atoms with Gasteiger partial charge in [-0.3, -0.25) is 4.79 Å². The number of pyridine rings is 1. The van der Waals surface area contributed by atoms with Crippen LogP contribution in [0.4, 0.5) is 5.69 Å². The molecule has 0 bridgehead atoms. The summed E-state index contributed by atoms with van der Waals surface area (Å²) in [5, 5.41) is 5.95. The van der Waals surface area contributed by atoms with Crippen molar-refractivity contribution in [1.82, 2.24) is 15.2 Å². The van der Waals surface area contributed by atoms with Gasteiger partial charge in [-0.05, 0) is 38.6 Å². The molecule has 0 aromatic carbocycles. The number of nitrogens with zero attached hydrogens (tertiary/aromatic N) is 2. The molecule has 1 aliphatic rings. The van der Waals surface area contributed by atoms with Gasteiger partial charge in [-0.25, -0.2) is 4.98 Å². The highest BCUT2D eigenvalue weighted by molar-refractivity contribution is 5.92. The SMILES string of the molecule is CNc1ccc(C(=O)NCC2CCCCN2C)nc1. The molecule has 1 fully saturated rings. The number of rotatable bonds is 4. The first-order chi connectivity index (χ1) is 9.20. The van der Waals surface area contributed by atoms with Crippen molar-refractivity contribution in [2.75, 3.05) is 32.5 Å². The first kappa shape index (κ1) is 13.8.